The van der Waals surface area contributed by atoms with E-state index in [1.807, 2.05) is 25.1 Å². The Balaban J connectivity index is 1.55. The first-order valence-corrected chi connectivity index (χ1v) is 11.6. The fourth-order valence-electron chi connectivity index (χ4n) is 4.68. The van der Waals surface area contributed by atoms with E-state index in [0.717, 1.165) is 17.3 Å². The highest BCUT2D eigenvalue weighted by atomic mass is 32.2. The van der Waals surface area contributed by atoms with Crippen LogP contribution in [0, 0.1) is 5.41 Å². The van der Waals surface area contributed by atoms with Gasteiger partial charge in [0, 0.05) is 30.3 Å². The van der Waals surface area contributed by atoms with Crippen molar-refractivity contribution in [3.8, 4) is 0 Å². The largest absolute Gasteiger partial charge is 0.397 e. The zero-order chi connectivity index (χ0) is 22.6. The number of nitrogens with zero attached hydrogens (tertiary/aromatic N) is 2. The van der Waals surface area contributed by atoms with Gasteiger partial charge >= 0.3 is 0 Å². The van der Waals surface area contributed by atoms with E-state index in [0.29, 0.717) is 22.1 Å². The lowest BCUT2D eigenvalue weighted by Gasteiger charge is -2.46. The Morgan fingerprint density at radius 3 is 2.56 bits per heavy atom. The molecule has 6 nitrogen and oxygen atoms in total. The summed E-state index contributed by atoms with van der Waals surface area (Å²) in [5.41, 5.74) is 7.02. The molecule has 2 aromatic rings. The molecule has 4 N–H and O–H groups in total. The number of anilines is 1. The summed E-state index contributed by atoms with van der Waals surface area (Å²) < 4.78 is 15.2. The Labute approximate surface area is 191 Å². The van der Waals surface area contributed by atoms with Crippen LogP contribution in [0.5, 0.6) is 0 Å². The van der Waals surface area contributed by atoms with Crippen molar-refractivity contribution in [3.05, 3.63) is 70.4 Å². The van der Waals surface area contributed by atoms with Crippen LogP contribution in [0.4, 0.5) is 10.1 Å². The summed E-state index contributed by atoms with van der Waals surface area (Å²) >= 11 is 1.10. The molecule has 1 saturated heterocycles. The van der Waals surface area contributed by atoms with E-state index in [2.05, 4.69) is 22.4 Å². The zero-order valence-electron chi connectivity index (χ0n) is 18.0. The molecule has 1 saturated carbocycles. The number of likely N-dealkylation sites (N-methyl/N-ethyl adjacent to an activating group) is 1. The summed E-state index contributed by atoms with van der Waals surface area (Å²) in [5.74, 6) is -0.653. The lowest BCUT2D eigenvalue weighted by molar-refractivity contribution is -0.130. The van der Waals surface area contributed by atoms with Crippen molar-refractivity contribution in [2.45, 2.75) is 48.6 Å². The second kappa shape index (κ2) is 7.62. The van der Waals surface area contributed by atoms with E-state index >= 15 is 4.39 Å². The molecule has 3 aliphatic rings. The molecule has 5 rings (SSSR count). The smallest absolute Gasteiger partial charge is 0.239 e. The van der Waals surface area contributed by atoms with Crippen LogP contribution in [0.3, 0.4) is 0 Å². The number of aromatic nitrogens is 1. The van der Waals surface area contributed by atoms with E-state index in [1.54, 1.807) is 19.3 Å². The number of nitrogen functional groups attached to an aromatic ring is 1. The summed E-state index contributed by atoms with van der Waals surface area (Å²) in [6, 6.07) is 9.93. The molecule has 1 aromatic carbocycles. The van der Waals surface area contributed by atoms with E-state index in [1.165, 1.54) is 29.5 Å². The molecule has 0 spiro atoms. The van der Waals surface area contributed by atoms with E-state index in [4.69, 9.17) is 11.1 Å². The van der Waals surface area contributed by atoms with Gasteiger partial charge in [-0.25, -0.2) is 4.39 Å². The lowest BCUT2D eigenvalue weighted by Crippen LogP contribution is -2.64. The minimum absolute atomic E-state index is 0.00864. The van der Waals surface area contributed by atoms with Crippen LogP contribution in [-0.2, 0) is 4.79 Å². The number of guanidine groups is 1. The van der Waals surface area contributed by atoms with Gasteiger partial charge in [-0.1, -0.05) is 42.1 Å². The number of allylic oxidation sites excluding steroid dienone is 1. The average Bonchev–Trinajstić information content (AvgIpc) is 3.54. The van der Waals surface area contributed by atoms with Crippen LogP contribution in [-0.4, -0.2) is 39.8 Å². The summed E-state index contributed by atoms with van der Waals surface area (Å²) in [6.45, 7) is 1.89. The monoisotopic (exact) mass is 451 g/mol. The number of carbonyl (C=O) groups is 1. The van der Waals surface area contributed by atoms with Gasteiger partial charge < -0.3 is 11.1 Å². The molecule has 2 unspecified atom stereocenters. The third kappa shape index (κ3) is 3.46. The quantitative estimate of drug-likeness (QED) is 0.651. The number of halogens is 1. The van der Waals surface area contributed by atoms with Crippen LogP contribution in [0.15, 0.2) is 53.7 Å². The number of hydrogen-bond acceptors (Lipinski definition) is 5. The van der Waals surface area contributed by atoms with Crippen molar-refractivity contribution >= 4 is 29.3 Å². The third-order valence-corrected chi connectivity index (χ3v) is 8.05. The molecule has 32 heavy (non-hydrogen) atoms. The molecule has 2 aliphatic heterocycles. The van der Waals surface area contributed by atoms with Crippen molar-refractivity contribution in [1.82, 2.24) is 15.2 Å². The lowest BCUT2D eigenvalue weighted by atomic mass is 9.76. The van der Waals surface area contributed by atoms with Crippen LogP contribution in [0.25, 0.3) is 0 Å². The Kier molecular flexibility index (Phi) is 5.00. The molecule has 1 amide bonds. The number of benzene rings is 1. The van der Waals surface area contributed by atoms with Crippen molar-refractivity contribution in [3.63, 3.8) is 0 Å². The number of nitrogens with two attached hydrogens (primary N) is 1. The van der Waals surface area contributed by atoms with Crippen LogP contribution in [0.1, 0.15) is 54.2 Å². The van der Waals surface area contributed by atoms with E-state index < -0.39 is 22.9 Å². The molecule has 0 bridgehead atoms. The number of thioether (sulfide) groups is 1. The van der Waals surface area contributed by atoms with Crippen molar-refractivity contribution in [2.75, 3.05) is 12.8 Å². The SMILES string of the molecule is CN1C(=N)N[C@](C)(C2=CC(c3cncc(N)c3)C(F)S2)[C@H](c2ccc(C3CC3)cc2)C1=O. The number of amides is 1. The predicted octanol–water partition coefficient (Wildman–Crippen LogP) is 4.09. The van der Waals surface area contributed by atoms with Gasteiger partial charge in [0.1, 0.15) is 0 Å². The molecule has 166 valence electrons. The number of alkyl halides is 1. The summed E-state index contributed by atoms with van der Waals surface area (Å²) in [4.78, 5) is 19.5. The minimum Gasteiger partial charge on any atom is -0.397 e. The summed E-state index contributed by atoms with van der Waals surface area (Å²) in [6.07, 6.45) is 7.44. The van der Waals surface area contributed by atoms with Gasteiger partial charge in [-0.15, -0.1) is 0 Å². The molecular weight excluding hydrogens is 425 g/mol. The second-order valence-corrected chi connectivity index (χ2v) is 10.2. The second-order valence-electron chi connectivity index (χ2n) is 9.02. The van der Waals surface area contributed by atoms with Gasteiger partial charge in [0.15, 0.2) is 11.5 Å². The number of pyridine rings is 1. The molecule has 8 heteroatoms. The maximum Gasteiger partial charge on any atom is 0.239 e. The van der Waals surface area contributed by atoms with Crippen molar-refractivity contribution < 1.29 is 9.18 Å². The number of carbonyl (C=O) groups excluding carboxylic acids is 1. The van der Waals surface area contributed by atoms with Gasteiger partial charge in [-0.3, -0.25) is 20.1 Å². The van der Waals surface area contributed by atoms with Crippen molar-refractivity contribution in [2.24, 2.45) is 0 Å². The predicted molar refractivity (Wildman–Crippen MR) is 125 cm³/mol. The normalized spacial score (nSPS) is 30.3. The van der Waals surface area contributed by atoms with Crippen LogP contribution >= 0.6 is 11.8 Å². The standard InChI is InChI=1S/C24H26FN5OS/c1-24(19-10-18(21(25)32-19)16-9-17(26)12-28-11-16)20(22(31)30(2)23(27)29-24)15-7-5-14(6-8-15)13-3-4-13/h5-13,18,20-21H,3-4,26H2,1-2H3,(H2,27,29)/t18?,20-,21?,24-/m1/s1. The molecule has 0 radical (unpaired) electrons. The Hall–Kier alpha value is -2.87. The molecule has 1 aliphatic carbocycles. The number of rotatable bonds is 4. The van der Waals surface area contributed by atoms with Gasteiger partial charge in [-0.2, -0.15) is 0 Å². The van der Waals surface area contributed by atoms with Crippen LogP contribution < -0.4 is 11.1 Å². The Bertz CT molecular complexity index is 1120. The topological polar surface area (TPSA) is 95.1 Å². The molecule has 4 atom stereocenters. The van der Waals surface area contributed by atoms with Crippen molar-refractivity contribution in [1.29, 1.82) is 5.41 Å². The number of nitrogens with one attached hydrogen (secondary N) is 2. The molecule has 3 heterocycles. The Morgan fingerprint density at radius 2 is 1.91 bits per heavy atom. The van der Waals surface area contributed by atoms with Gasteiger partial charge in [-0.05, 0) is 48.4 Å². The van der Waals surface area contributed by atoms with Gasteiger partial charge in [0.05, 0.1) is 17.1 Å². The van der Waals surface area contributed by atoms with Gasteiger partial charge in [0.2, 0.25) is 5.91 Å². The summed E-state index contributed by atoms with van der Waals surface area (Å²) in [5, 5.41) is 11.5. The maximum atomic E-state index is 15.2. The maximum absolute atomic E-state index is 15.2. The molecule has 1 aromatic heterocycles. The fraction of sp³-hybridized carbons (Fsp3) is 0.375. The van der Waals surface area contributed by atoms with E-state index in [-0.39, 0.29) is 11.9 Å². The molecule has 2 fully saturated rings. The first-order chi connectivity index (χ1) is 15.3. The third-order valence-electron chi connectivity index (χ3n) is 6.72. The van der Waals surface area contributed by atoms with Crippen LogP contribution in [0.2, 0.25) is 0 Å². The fourth-order valence-corrected chi connectivity index (χ4v) is 5.95. The Morgan fingerprint density at radius 1 is 1.22 bits per heavy atom. The average molecular weight is 452 g/mol. The summed E-state index contributed by atoms with van der Waals surface area (Å²) in [7, 11) is 1.60. The minimum atomic E-state index is -1.23. The highest BCUT2D eigenvalue weighted by Gasteiger charge is 2.52. The highest BCUT2D eigenvalue weighted by molar-refractivity contribution is 8.03. The number of hydrogen-bond donors (Lipinski definition) is 3. The highest BCUT2D eigenvalue weighted by Crippen LogP contribution is 2.52. The zero-order valence-corrected chi connectivity index (χ0v) is 18.8. The first kappa shape index (κ1) is 21.0. The first-order valence-electron chi connectivity index (χ1n) is 10.8. The van der Waals surface area contributed by atoms with E-state index in [9.17, 15) is 4.79 Å². The van der Waals surface area contributed by atoms with Gasteiger partial charge in [0.25, 0.3) is 0 Å². The molecular formula is C24H26FN5OS.